The summed E-state index contributed by atoms with van der Waals surface area (Å²) in [5, 5.41) is 13.0. The molecule has 1 atom stereocenters. The minimum absolute atomic E-state index is 0.131. The van der Waals surface area contributed by atoms with Gasteiger partial charge in [0.25, 0.3) is 5.91 Å². The molecule has 0 saturated heterocycles. The average Bonchev–Trinajstić information content (AvgIpc) is 2.72. The van der Waals surface area contributed by atoms with Gasteiger partial charge in [-0.2, -0.15) is 0 Å². The summed E-state index contributed by atoms with van der Waals surface area (Å²) in [4.78, 5) is 15.1. The highest BCUT2D eigenvalue weighted by molar-refractivity contribution is 5.98. The van der Waals surface area contributed by atoms with Gasteiger partial charge in [0.1, 0.15) is 5.69 Å². The van der Waals surface area contributed by atoms with Crippen LogP contribution in [0.2, 0.25) is 0 Å². The quantitative estimate of drug-likeness (QED) is 0.789. The number of fused-ring (bicyclic) bond motifs is 1. The number of aromatic nitrogens is 1. The van der Waals surface area contributed by atoms with Gasteiger partial charge >= 0.3 is 0 Å². The van der Waals surface area contributed by atoms with Crippen molar-refractivity contribution in [3.63, 3.8) is 0 Å². The topological polar surface area (TPSA) is 65.1 Å². The Morgan fingerprint density at radius 3 is 2.79 bits per heavy atom. The molecule has 1 heterocycles. The van der Waals surface area contributed by atoms with Crippen LogP contribution in [0.1, 0.15) is 35.0 Å². The molecule has 2 rings (SSSR count). The summed E-state index contributed by atoms with van der Waals surface area (Å²) in [6.45, 7) is 6.26. The Bertz CT molecular complexity index is 599. The van der Waals surface area contributed by atoms with Crippen molar-refractivity contribution in [2.75, 3.05) is 6.54 Å². The number of aryl methyl sites for hydroxylation is 2. The predicted molar refractivity (Wildman–Crippen MR) is 76.4 cm³/mol. The molecule has 1 amide bonds. The van der Waals surface area contributed by atoms with Crippen LogP contribution in [0.15, 0.2) is 18.2 Å². The van der Waals surface area contributed by atoms with E-state index < -0.39 is 6.10 Å². The number of hydrogen-bond acceptors (Lipinski definition) is 2. The van der Waals surface area contributed by atoms with Crippen molar-refractivity contribution in [2.24, 2.45) is 0 Å². The molecule has 4 nitrogen and oxygen atoms in total. The number of rotatable bonds is 4. The fourth-order valence-electron chi connectivity index (χ4n) is 2.21. The average molecular weight is 260 g/mol. The molecule has 2 aromatic rings. The molecule has 0 bridgehead atoms. The van der Waals surface area contributed by atoms with Crippen LogP contribution in [-0.2, 0) is 0 Å². The van der Waals surface area contributed by atoms with Gasteiger partial charge in [0, 0.05) is 17.4 Å². The zero-order valence-corrected chi connectivity index (χ0v) is 11.6. The molecule has 0 aliphatic carbocycles. The van der Waals surface area contributed by atoms with Crippen LogP contribution in [0.25, 0.3) is 10.9 Å². The zero-order chi connectivity index (χ0) is 14.0. The number of aliphatic hydroxyl groups is 1. The van der Waals surface area contributed by atoms with E-state index in [2.05, 4.69) is 16.4 Å². The Hall–Kier alpha value is -1.81. The van der Waals surface area contributed by atoms with Gasteiger partial charge < -0.3 is 15.4 Å². The molecule has 0 radical (unpaired) electrons. The Morgan fingerprint density at radius 2 is 2.11 bits per heavy atom. The molecule has 0 aliphatic heterocycles. The largest absolute Gasteiger partial charge is 0.393 e. The smallest absolute Gasteiger partial charge is 0.267 e. The lowest BCUT2D eigenvalue weighted by Crippen LogP contribution is -2.26. The number of benzene rings is 1. The highest BCUT2D eigenvalue weighted by atomic mass is 16.3. The van der Waals surface area contributed by atoms with Crippen molar-refractivity contribution < 1.29 is 9.90 Å². The Kier molecular flexibility index (Phi) is 3.90. The highest BCUT2D eigenvalue weighted by Gasteiger charge is 2.10. The lowest BCUT2D eigenvalue weighted by atomic mass is 10.1. The van der Waals surface area contributed by atoms with Gasteiger partial charge in [-0.25, -0.2) is 0 Å². The van der Waals surface area contributed by atoms with Gasteiger partial charge in [-0.1, -0.05) is 6.07 Å². The Labute approximate surface area is 112 Å². The number of hydrogen-bond donors (Lipinski definition) is 3. The molecule has 0 saturated carbocycles. The van der Waals surface area contributed by atoms with Crippen LogP contribution in [0.4, 0.5) is 0 Å². The van der Waals surface area contributed by atoms with E-state index in [0.29, 0.717) is 18.7 Å². The molecular formula is C15H20N2O2. The van der Waals surface area contributed by atoms with E-state index in [1.807, 2.05) is 26.0 Å². The van der Waals surface area contributed by atoms with Gasteiger partial charge in [0.15, 0.2) is 0 Å². The molecule has 0 aliphatic rings. The Balaban J connectivity index is 2.17. The monoisotopic (exact) mass is 260 g/mol. The summed E-state index contributed by atoms with van der Waals surface area (Å²) in [5.74, 6) is -0.131. The number of carbonyl (C=O) groups is 1. The zero-order valence-electron chi connectivity index (χ0n) is 11.6. The fourth-order valence-corrected chi connectivity index (χ4v) is 2.21. The first-order valence-electron chi connectivity index (χ1n) is 6.53. The molecule has 0 fully saturated rings. The summed E-state index contributed by atoms with van der Waals surface area (Å²) in [6.07, 6.45) is 0.164. The number of carbonyl (C=O) groups excluding carboxylic acids is 1. The number of nitrogens with one attached hydrogen (secondary N) is 2. The molecule has 1 unspecified atom stereocenters. The van der Waals surface area contributed by atoms with Crippen molar-refractivity contribution in [1.82, 2.24) is 10.3 Å². The third kappa shape index (κ3) is 3.15. The number of aliphatic hydroxyl groups excluding tert-OH is 1. The number of amides is 1. The summed E-state index contributed by atoms with van der Waals surface area (Å²) < 4.78 is 0. The first-order valence-corrected chi connectivity index (χ1v) is 6.53. The van der Waals surface area contributed by atoms with Crippen molar-refractivity contribution in [3.05, 3.63) is 35.0 Å². The van der Waals surface area contributed by atoms with E-state index in [0.717, 1.165) is 16.5 Å². The van der Waals surface area contributed by atoms with Crippen molar-refractivity contribution in [1.29, 1.82) is 0 Å². The van der Waals surface area contributed by atoms with Gasteiger partial charge in [-0.15, -0.1) is 0 Å². The highest BCUT2D eigenvalue weighted by Crippen LogP contribution is 2.21. The summed E-state index contributed by atoms with van der Waals surface area (Å²) in [5.41, 5.74) is 3.88. The lowest BCUT2D eigenvalue weighted by molar-refractivity contribution is 0.0941. The first kappa shape index (κ1) is 13.6. The van der Waals surface area contributed by atoms with E-state index in [1.165, 1.54) is 5.56 Å². The maximum atomic E-state index is 12.0. The first-order chi connectivity index (χ1) is 8.97. The molecular weight excluding hydrogens is 240 g/mol. The predicted octanol–water partition coefficient (Wildman–Crippen LogP) is 2.29. The minimum Gasteiger partial charge on any atom is -0.393 e. The van der Waals surface area contributed by atoms with E-state index >= 15 is 0 Å². The molecule has 0 spiro atoms. The van der Waals surface area contributed by atoms with Crippen LogP contribution >= 0.6 is 0 Å². The summed E-state index contributed by atoms with van der Waals surface area (Å²) in [7, 11) is 0. The van der Waals surface area contributed by atoms with Crippen molar-refractivity contribution >= 4 is 16.8 Å². The standard InChI is InChI=1S/C15H20N2O2/c1-9-6-10(2)12-8-14(17-13(12)7-9)15(19)16-5-4-11(3)18/h6-8,11,17-18H,4-5H2,1-3H3,(H,16,19). The fraction of sp³-hybridized carbons (Fsp3) is 0.400. The second-order valence-electron chi connectivity index (χ2n) is 5.12. The van der Waals surface area contributed by atoms with Gasteiger partial charge in [0.2, 0.25) is 0 Å². The van der Waals surface area contributed by atoms with E-state index in [9.17, 15) is 4.79 Å². The molecule has 102 valence electrons. The van der Waals surface area contributed by atoms with Crippen LogP contribution in [0, 0.1) is 13.8 Å². The van der Waals surface area contributed by atoms with E-state index in [4.69, 9.17) is 5.11 Å². The maximum Gasteiger partial charge on any atom is 0.267 e. The van der Waals surface area contributed by atoms with E-state index in [-0.39, 0.29) is 5.91 Å². The number of aromatic amines is 1. The normalized spacial score (nSPS) is 12.6. The minimum atomic E-state index is -0.395. The van der Waals surface area contributed by atoms with Crippen LogP contribution in [0.5, 0.6) is 0 Å². The molecule has 1 aromatic carbocycles. The molecule has 4 heteroatoms. The van der Waals surface area contributed by atoms with Gasteiger partial charge in [-0.3, -0.25) is 4.79 Å². The van der Waals surface area contributed by atoms with Crippen LogP contribution < -0.4 is 5.32 Å². The Morgan fingerprint density at radius 1 is 1.37 bits per heavy atom. The maximum absolute atomic E-state index is 12.0. The van der Waals surface area contributed by atoms with Crippen LogP contribution in [-0.4, -0.2) is 28.6 Å². The third-order valence-corrected chi connectivity index (χ3v) is 3.18. The van der Waals surface area contributed by atoms with Crippen molar-refractivity contribution in [3.8, 4) is 0 Å². The molecule has 19 heavy (non-hydrogen) atoms. The van der Waals surface area contributed by atoms with Gasteiger partial charge in [0.05, 0.1) is 6.10 Å². The van der Waals surface area contributed by atoms with Crippen molar-refractivity contribution in [2.45, 2.75) is 33.3 Å². The molecule has 3 N–H and O–H groups in total. The second kappa shape index (κ2) is 5.45. The third-order valence-electron chi connectivity index (χ3n) is 3.18. The second-order valence-corrected chi connectivity index (χ2v) is 5.12. The molecule has 1 aromatic heterocycles. The van der Waals surface area contributed by atoms with Gasteiger partial charge in [-0.05, 0) is 50.5 Å². The lowest BCUT2D eigenvalue weighted by Gasteiger charge is -2.05. The summed E-state index contributed by atoms with van der Waals surface area (Å²) >= 11 is 0. The van der Waals surface area contributed by atoms with E-state index in [1.54, 1.807) is 6.92 Å². The van der Waals surface area contributed by atoms with Crippen LogP contribution in [0.3, 0.4) is 0 Å². The number of H-pyrrole nitrogens is 1. The summed E-state index contributed by atoms with van der Waals surface area (Å²) in [6, 6.07) is 6.02. The SMILES string of the molecule is Cc1cc(C)c2cc(C(=O)NCCC(C)O)[nH]c2c1.